The Bertz CT molecular complexity index is 2640. The number of pyridine rings is 1. The molecular weight excluding hydrogens is 933 g/mol. The first-order chi connectivity index (χ1) is 33.5. The van der Waals surface area contributed by atoms with Crippen LogP contribution in [0.2, 0.25) is 0 Å². The normalized spacial score (nSPS) is 16.6. The molecule has 0 unspecified atom stereocenters. The minimum Gasteiger partial charge on any atom is -0.484 e. The number of nitrogens with one attached hydrogen (secondary N) is 4. The number of ether oxygens (including phenoxy) is 1. The maximum absolute atomic E-state index is 14.1. The molecule has 7 rings (SSSR count). The monoisotopic (exact) mass is 992 g/mol. The Morgan fingerprint density at radius 3 is 2.34 bits per heavy atom. The van der Waals surface area contributed by atoms with E-state index in [1.54, 1.807) is 39.4 Å². The van der Waals surface area contributed by atoms with Crippen LogP contribution in [0.3, 0.4) is 0 Å². The number of piperazine rings is 1. The van der Waals surface area contributed by atoms with Crippen LogP contribution in [0.1, 0.15) is 78.4 Å². The Morgan fingerprint density at radius 2 is 1.64 bits per heavy atom. The van der Waals surface area contributed by atoms with Crippen LogP contribution >= 0.6 is 22.7 Å². The van der Waals surface area contributed by atoms with E-state index < -0.39 is 47.9 Å². The van der Waals surface area contributed by atoms with Crippen molar-refractivity contribution in [3.63, 3.8) is 0 Å². The maximum Gasteiger partial charge on any atom is 0.257 e. The first kappa shape index (κ1) is 51.2. The predicted octanol–water partition coefficient (Wildman–Crippen LogP) is 4.75. The number of β-amino-alcohol motifs (C(OH)–C–C–N with tert-alkyl or cyclic N) is 1. The number of likely N-dealkylation sites (tertiary alicyclic amines) is 1. The summed E-state index contributed by atoms with van der Waals surface area (Å²) in [6.45, 7) is 9.93. The number of aryl methyl sites for hydroxylation is 1. The molecule has 2 saturated heterocycles. The fraction of sp³-hybridized carbons (Fsp3) is 0.420. The second kappa shape index (κ2) is 23.3. The van der Waals surface area contributed by atoms with Crippen molar-refractivity contribution in [2.24, 2.45) is 5.41 Å². The largest absolute Gasteiger partial charge is 0.484 e. The maximum atomic E-state index is 14.1. The smallest absolute Gasteiger partial charge is 0.257 e. The fourth-order valence-corrected chi connectivity index (χ4v) is 9.62. The molecule has 370 valence electrons. The van der Waals surface area contributed by atoms with E-state index in [1.807, 2.05) is 71.1 Å². The quantitative estimate of drug-likeness (QED) is 0.0750. The van der Waals surface area contributed by atoms with E-state index in [2.05, 4.69) is 41.1 Å². The number of aliphatic hydroxyl groups excluding tert-OH is 1. The summed E-state index contributed by atoms with van der Waals surface area (Å²) in [5.41, 5.74) is 5.61. The number of carbonyl (C=O) groups is 6. The molecule has 0 aliphatic carbocycles. The van der Waals surface area contributed by atoms with Gasteiger partial charge in [-0.15, -0.1) is 22.7 Å². The van der Waals surface area contributed by atoms with Gasteiger partial charge in [0.2, 0.25) is 17.7 Å². The van der Waals surface area contributed by atoms with Gasteiger partial charge in [-0.05, 0) is 73.7 Å². The Labute approximate surface area is 415 Å². The summed E-state index contributed by atoms with van der Waals surface area (Å²) in [7, 11) is 1.99. The van der Waals surface area contributed by atoms with Crippen molar-refractivity contribution in [3.8, 4) is 27.6 Å². The lowest BCUT2D eigenvalue weighted by atomic mass is 9.85. The number of rotatable bonds is 18. The van der Waals surface area contributed by atoms with Gasteiger partial charge in [0.15, 0.2) is 11.7 Å². The zero-order valence-corrected chi connectivity index (χ0v) is 41.7. The van der Waals surface area contributed by atoms with Crippen molar-refractivity contribution in [2.45, 2.75) is 78.1 Å². The van der Waals surface area contributed by atoms with Crippen molar-refractivity contribution in [1.29, 1.82) is 0 Å². The number of likely N-dealkylation sites (N-methyl/N-ethyl adjacent to an activating group) is 1. The third-order valence-corrected chi connectivity index (χ3v) is 13.8. The lowest BCUT2D eigenvalue weighted by Gasteiger charge is -2.35. The van der Waals surface area contributed by atoms with E-state index >= 15 is 0 Å². The molecule has 0 radical (unpaired) electrons. The average Bonchev–Trinajstić information content (AvgIpc) is 4.11. The lowest BCUT2D eigenvalue weighted by molar-refractivity contribution is -0.144. The molecular formula is C50H60N10O8S2. The molecule has 3 atom stereocenters. The molecule has 2 fully saturated rings. The number of thiazole rings is 2. The molecule has 70 heavy (non-hydrogen) atoms. The summed E-state index contributed by atoms with van der Waals surface area (Å²) in [5, 5.41) is 24.1. The van der Waals surface area contributed by atoms with Gasteiger partial charge in [0.1, 0.15) is 23.5 Å². The van der Waals surface area contributed by atoms with Gasteiger partial charge in [-0.3, -0.25) is 39.1 Å². The highest BCUT2D eigenvalue weighted by molar-refractivity contribution is 7.14. The second-order valence-corrected chi connectivity index (χ2v) is 20.3. The van der Waals surface area contributed by atoms with E-state index in [9.17, 15) is 33.9 Å². The number of aliphatic hydroxyl groups is 1. The van der Waals surface area contributed by atoms with Crippen LogP contribution in [-0.4, -0.2) is 141 Å². The van der Waals surface area contributed by atoms with Crippen molar-refractivity contribution < 1.29 is 38.6 Å². The van der Waals surface area contributed by atoms with Gasteiger partial charge in [0.25, 0.3) is 17.7 Å². The van der Waals surface area contributed by atoms with E-state index in [0.717, 1.165) is 21.7 Å². The molecule has 2 aliphatic rings. The molecule has 3 aromatic heterocycles. The molecule has 20 heteroatoms. The predicted molar refractivity (Wildman–Crippen MR) is 267 cm³/mol. The summed E-state index contributed by atoms with van der Waals surface area (Å²) < 4.78 is 5.85. The average molecular weight is 993 g/mol. The first-order valence-electron chi connectivity index (χ1n) is 23.3. The van der Waals surface area contributed by atoms with E-state index in [4.69, 9.17) is 4.74 Å². The summed E-state index contributed by atoms with van der Waals surface area (Å²) >= 11 is 2.80. The number of aromatic nitrogens is 3. The highest BCUT2D eigenvalue weighted by Crippen LogP contribution is 2.29. The van der Waals surface area contributed by atoms with Gasteiger partial charge in [-0.1, -0.05) is 51.1 Å². The number of carbonyl (C=O) groups excluding carboxylic acids is 6. The molecule has 5 N–H and O–H groups in total. The zero-order chi connectivity index (χ0) is 50.0. The van der Waals surface area contributed by atoms with Gasteiger partial charge in [0, 0.05) is 81.4 Å². The topological polar surface area (TPSA) is 228 Å². The summed E-state index contributed by atoms with van der Waals surface area (Å²) in [5.74, 6) is -2.26. The standard InChI is InChI=1S/C50H60N10O8S2/c1-31-43(70-30-54-31)33-14-12-32(13-15-33)26-53-46(65)40-25-36(61)27-60(40)48(67)44(50(2,3)4)56-41(62)11-7-9-17-52-42(63)28-68-37-23-34(22-35(24-37)47(66)59-20-18-58(5)19-21-59)45(64)57-49-55-39(29-69-49)38-10-6-8-16-51-38/h6,8,10,12-16,22-24,29-30,36,40,44,61H,7,9,11,17-21,25-28H2,1-5H3,(H,52,63)(H,53,65)(H,56,62)(H,55,57,64)/t36-,40+,44-/m0/s1. The van der Waals surface area contributed by atoms with Gasteiger partial charge in [0.05, 0.1) is 27.9 Å². The minimum atomic E-state index is -0.973. The van der Waals surface area contributed by atoms with Crippen LogP contribution in [0, 0.1) is 12.3 Å². The van der Waals surface area contributed by atoms with Crippen LogP contribution in [0.25, 0.3) is 21.8 Å². The number of amides is 6. The van der Waals surface area contributed by atoms with Gasteiger partial charge >= 0.3 is 0 Å². The number of hydrogen-bond donors (Lipinski definition) is 5. The Hall–Kier alpha value is -6.61. The van der Waals surface area contributed by atoms with Gasteiger partial charge in [-0.25, -0.2) is 9.97 Å². The van der Waals surface area contributed by atoms with Crippen LogP contribution < -0.4 is 26.0 Å². The third kappa shape index (κ3) is 13.6. The molecule has 6 amide bonds. The van der Waals surface area contributed by atoms with E-state index in [0.29, 0.717) is 55.5 Å². The van der Waals surface area contributed by atoms with Gasteiger partial charge in [-0.2, -0.15) is 0 Å². The molecule has 18 nitrogen and oxygen atoms in total. The van der Waals surface area contributed by atoms with Crippen molar-refractivity contribution in [2.75, 3.05) is 58.2 Å². The number of anilines is 1. The van der Waals surface area contributed by atoms with Crippen LogP contribution in [0.4, 0.5) is 5.13 Å². The third-order valence-electron chi connectivity index (χ3n) is 12.1. The Balaban J connectivity index is 0.880. The minimum absolute atomic E-state index is 0.0375. The molecule has 0 bridgehead atoms. The number of benzene rings is 2. The number of nitrogens with zero attached hydrogens (tertiary/aromatic N) is 6. The summed E-state index contributed by atoms with van der Waals surface area (Å²) in [6, 6.07) is 15.9. The lowest BCUT2D eigenvalue weighted by Crippen LogP contribution is -2.57. The Kier molecular flexibility index (Phi) is 17.1. The highest BCUT2D eigenvalue weighted by Gasteiger charge is 2.44. The second-order valence-electron chi connectivity index (χ2n) is 18.6. The van der Waals surface area contributed by atoms with Crippen LogP contribution in [0.5, 0.6) is 5.75 Å². The fourth-order valence-electron chi connectivity index (χ4n) is 8.11. The van der Waals surface area contributed by atoms with Crippen molar-refractivity contribution >= 4 is 63.2 Å². The first-order valence-corrected chi connectivity index (χ1v) is 25.0. The molecule has 5 heterocycles. The van der Waals surface area contributed by atoms with Crippen LogP contribution in [0.15, 0.2) is 77.8 Å². The summed E-state index contributed by atoms with van der Waals surface area (Å²) in [6.07, 6.45) is 1.75. The summed E-state index contributed by atoms with van der Waals surface area (Å²) in [4.78, 5) is 100. The molecule has 5 aromatic rings. The van der Waals surface area contributed by atoms with E-state index in [1.165, 1.54) is 34.4 Å². The SMILES string of the molecule is Cc1ncsc1-c1ccc(CNC(=O)[C@H]2C[C@H](O)CN2C(=O)[C@H](NC(=O)CCCCNC(=O)COc2cc(C(=O)Nc3nc(-c4ccccn4)cs3)cc(C(=O)N3CCN(C)CC3)c2)C(C)(C)C)cc1. The van der Waals surface area contributed by atoms with Crippen molar-refractivity contribution in [3.05, 3.63) is 100 Å². The van der Waals surface area contributed by atoms with Gasteiger partial charge < -0.3 is 40.5 Å². The molecule has 2 aliphatic heterocycles. The van der Waals surface area contributed by atoms with E-state index in [-0.39, 0.29) is 67.1 Å². The molecule has 0 saturated carbocycles. The van der Waals surface area contributed by atoms with Crippen molar-refractivity contribution in [1.82, 2.24) is 45.6 Å². The zero-order valence-electron chi connectivity index (χ0n) is 40.0. The Morgan fingerprint density at radius 1 is 0.886 bits per heavy atom. The van der Waals surface area contributed by atoms with Crippen LogP contribution in [-0.2, 0) is 25.7 Å². The molecule has 0 spiro atoms. The number of unbranched alkanes of at least 4 members (excludes halogenated alkanes) is 1. The molecule has 2 aromatic carbocycles. The number of hydrogen-bond acceptors (Lipinski definition) is 14. The highest BCUT2D eigenvalue weighted by atomic mass is 32.1.